The van der Waals surface area contributed by atoms with Crippen molar-refractivity contribution in [1.29, 1.82) is 0 Å². The quantitative estimate of drug-likeness (QED) is 0.179. The number of ether oxygens (including phenoxy) is 1. The van der Waals surface area contributed by atoms with Gasteiger partial charge in [-0.1, -0.05) is 56.7 Å². The van der Waals surface area contributed by atoms with E-state index >= 15 is 0 Å². The molecule has 2 aromatic rings. The number of hydrogen-bond acceptors (Lipinski definition) is 6. The van der Waals surface area contributed by atoms with Gasteiger partial charge in [0.2, 0.25) is 0 Å². The van der Waals surface area contributed by atoms with Crippen LogP contribution in [0.1, 0.15) is 86.0 Å². The van der Waals surface area contributed by atoms with Crippen LogP contribution in [0.3, 0.4) is 0 Å². The molecule has 0 aliphatic rings. The number of allylic oxidation sites excluding steroid dienone is 2. The number of ketones is 1. The second-order valence-corrected chi connectivity index (χ2v) is 8.43. The molecule has 0 fully saturated rings. The monoisotopic (exact) mass is 466 g/mol. The van der Waals surface area contributed by atoms with Crippen molar-refractivity contribution >= 4 is 17.8 Å². The molecule has 0 amide bonds. The van der Waals surface area contributed by atoms with Crippen molar-refractivity contribution in [3.63, 3.8) is 0 Å². The number of aromatic hydroxyl groups is 1. The predicted molar refractivity (Wildman–Crippen MR) is 133 cm³/mol. The van der Waals surface area contributed by atoms with Crippen molar-refractivity contribution in [3.05, 3.63) is 80.9 Å². The number of carbonyl (C=O) groups is 2. The molecule has 2 rings (SSSR count). The van der Waals surface area contributed by atoms with Gasteiger partial charge in [0.25, 0.3) is 0 Å². The fourth-order valence-corrected chi connectivity index (χ4v) is 3.49. The summed E-state index contributed by atoms with van der Waals surface area (Å²) in [6.45, 7) is 5.63. The number of esters is 1. The fourth-order valence-electron chi connectivity index (χ4n) is 3.49. The zero-order valence-electron chi connectivity index (χ0n) is 20.4. The van der Waals surface area contributed by atoms with E-state index in [1.165, 1.54) is 18.7 Å². The summed E-state index contributed by atoms with van der Waals surface area (Å²) in [7, 11) is 1.34. The number of carbonyl (C=O) groups excluding carboxylic acids is 2. The highest BCUT2D eigenvalue weighted by molar-refractivity contribution is 6.12. The van der Waals surface area contributed by atoms with Crippen LogP contribution in [0.2, 0.25) is 0 Å². The van der Waals surface area contributed by atoms with Crippen molar-refractivity contribution in [3.8, 4) is 5.75 Å². The number of benzene rings is 1. The maximum absolute atomic E-state index is 12.9. The van der Waals surface area contributed by atoms with E-state index in [0.29, 0.717) is 24.2 Å². The van der Waals surface area contributed by atoms with Crippen LogP contribution in [0.5, 0.6) is 5.75 Å². The maximum Gasteiger partial charge on any atom is 0.351 e. The van der Waals surface area contributed by atoms with E-state index in [9.17, 15) is 19.5 Å². The smallest absolute Gasteiger partial charge is 0.351 e. The molecule has 1 unspecified atom stereocenters. The first-order valence-corrected chi connectivity index (χ1v) is 11.7. The molecule has 0 saturated carbocycles. The van der Waals surface area contributed by atoms with Crippen LogP contribution in [0.15, 0.2) is 57.3 Å². The Hall–Kier alpha value is -3.41. The summed E-state index contributed by atoms with van der Waals surface area (Å²) in [6, 6.07) is 9.29. The third kappa shape index (κ3) is 7.87. The van der Waals surface area contributed by atoms with E-state index in [0.717, 1.165) is 24.8 Å². The van der Waals surface area contributed by atoms with Crippen LogP contribution in [0.4, 0.5) is 0 Å². The molecule has 182 valence electrons. The average molecular weight is 467 g/mol. The lowest BCUT2D eigenvalue weighted by Crippen LogP contribution is -2.16. The second-order valence-electron chi connectivity index (χ2n) is 8.43. The number of rotatable bonds is 12. The SMILES string of the molecule is CCCCc1ccc(C=C(C)C(=O)c2c(O)cc(C(C)CC/C=C/CC(=O)OC)oc2=O)cc1. The Bertz CT molecular complexity index is 1090. The number of methoxy groups -OCH3 is 1. The molecule has 0 aliphatic carbocycles. The first-order chi connectivity index (χ1) is 16.3. The van der Waals surface area contributed by atoms with E-state index in [1.54, 1.807) is 19.1 Å². The van der Waals surface area contributed by atoms with Gasteiger partial charge in [0, 0.05) is 12.0 Å². The van der Waals surface area contributed by atoms with Gasteiger partial charge in [0.1, 0.15) is 17.1 Å². The molecule has 6 heteroatoms. The molecular weight excluding hydrogens is 432 g/mol. The molecule has 1 aromatic carbocycles. The maximum atomic E-state index is 12.9. The van der Waals surface area contributed by atoms with Gasteiger partial charge in [-0.15, -0.1) is 0 Å². The Balaban J connectivity index is 2.09. The van der Waals surface area contributed by atoms with Crippen molar-refractivity contribution < 1.29 is 23.8 Å². The molecular formula is C28H34O6. The Morgan fingerprint density at radius 2 is 1.88 bits per heavy atom. The lowest BCUT2D eigenvalue weighted by molar-refractivity contribution is -0.139. The van der Waals surface area contributed by atoms with Crippen LogP contribution in [-0.4, -0.2) is 24.0 Å². The Morgan fingerprint density at radius 3 is 2.50 bits per heavy atom. The largest absolute Gasteiger partial charge is 0.507 e. The standard InChI is InChI=1S/C28H34O6/c1-5-6-11-21-13-15-22(16-14-21)17-20(3)27(31)26-23(29)18-24(34-28(26)32)19(2)10-8-7-9-12-25(30)33-4/h7,9,13-19,29H,5-6,8,10-12H2,1-4H3/b9-7+,20-17?. The van der Waals surface area contributed by atoms with Crippen LogP contribution >= 0.6 is 0 Å². The highest BCUT2D eigenvalue weighted by Crippen LogP contribution is 2.26. The van der Waals surface area contributed by atoms with Gasteiger partial charge in [-0.3, -0.25) is 9.59 Å². The molecule has 6 nitrogen and oxygen atoms in total. The fraction of sp³-hybridized carbons (Fsp3) is 0.393. The summed E-state index contributed by atoms with van der Waals surface area (Å²) < 4.78 is 9.95. The third-order valence-corrected chi connectivity index (χ3v) is 5.65. The van der Waals surface area contributed by atoms with Crippen molar-refractivity contribution in [2.24, 2.45) is 0 Å². The van der Waals surface area contributed by atoms with Crippen LogP contribution in [0, 0.1) is 0 Å². The highest BCUT2D eigenvalue weighted by atomic mass is 16.5. The number of aryl methyl sites for hydroxylation is 1. The molecule has 0 radical (unpaired) electrons. The van der Waals surface area contributed by atoms with Crippen molar-refractivity contribution in [2.75, 3.05) is 7.11 Å². The Labute approximate surface area is 201 Å². The lowest BCUT2D eigenvalue weighted by Gasteiger charge is -2.11. The van der Waals surface area contributed by atoms with Gasteiger partial charge < -0.3 is 14.3 Å². The lowest BCUT2D eigenvalue weighted by atomic mass is 9.99. The van der Waals surface area contributed by atoms with E-state index in [2.05, 4.69) is 11.7 Å². The van der Waals surface area contributed by atoms with Crippen molar-refractivity contribution in [2.45, 2.75) is 65.2 Å². The van der Waals surface area contributed by atoms with Gasteiger partial charge in [-0.05, 0) is 55.4 Å². The van der Waals surface area contributed by atoms with Gasteiger partial charge in [0.05, 0.1) is 13.5 Å². The van der Waals surface area contributed by atoms with E-state index in [1.807, 2.05) is 37.3 Å². The number of Topliss-reactive ketones (excluding diaryl/α,β-unsaturated/α-hetero) is 1. The Morgan fingerprint density at radius 1 is 1.18 bits per heavy atom. The molecule has 0 bridgehead atoms. The zero-order valence-corrected chi connectivity index (χ0v) is 20.4. The van der Waals surface area contributed by atoms with Gasteiger partial charge >= 0.3 is 11.6 Å². The minimum Gasteiger partial charge on any atom is -0.507 e. The topological polar surface area (TPSA) is 93.8 Å². The predicted octanol–water partition coefficient (Wildman–Crippen LogP) is 5.98. The Kier molecular flexibility index (Phi) is 10.5. The molecule has 0 aliphatic heterocycles. The minimum absolute atomic E-state index is 0.159. The normalized spacial score (nSPS) is 12.6. The van der Waals surface area contributed by atoms with Crippen molar-refractivity contribution in [1.82, 2.24) is 0 Å². The van der Waals surface area contributed by atoms with Crippen LogP contribution in [0.25, 0.3) is 6.08 Å². The van der Waals surface area contributed by atoms with E-state index in [4.69, 9.17) is 4.42 Å². The van der Waals surface area contributed by atoms with E-state index in [-0.39, 0.29) is 29.6 Å². The molecule has 0 saturated heterocycles. The number of unbranched alkanes of at least 4 members (excludes halogenated alkanes) is 1. The zero-order chi connectivity index (χ0) is 25.1. The summed E-state index contributed by atoms with van der Waals surface area (Å²) in [6.07, 6.45) is 10.0. The first kappa shape index (κ1) is 26.8. The highest BCUT2D eigenvalue weighted by Gasteiger charge is 2.22. The van der Waals surface area contributed by atoms with Gasteiger partial charge in [0.15, 0.2) is 5.78 Å². The van der Waals surface area contributed by atoms with Gasteiger partial charge in [-0.2, -0.15) is 0 Å². The molecule has 1 aromatic heterocycles. The molecule has 0 spiro atoms. The van der Waals surface area contributed by atoms with Crippen LogP contribution < -0.4 is 5.63 Å². The third-order valence-electron chi connectivity index (χ3n) is 5.65. The molecule has 1 N–H and O–H groups in total. The minimum atomic E-state index is -0.851. The molecule has 1 heterocycles. The summed E-state index contributed by atoms with van der Waals surface area (Å²) >= 11 is 0. The van der Waals surface area contributed by atoms with E-state index < -0.39 is 11.4 Å². The second kappa shape index (κ2) is 13.3. The molecule has 34 heavy (non-hydrogen) atoms. The first-order valence-electron chi connectivity index (χ1n) is 11.7. The summed E-state index contributed by atoms with van der Waals surface area (Å²) in [5, 5.41) is 10.4. The number of hydrogen-bond donors (Lipinski definition) is 1. The average Bonchev–Trinajstić information content (AvgIpc) is 2.82. The summed E-state index contributed by atoms with van der Waals surface area (Å²) in [5.74, 6) is -1.11. The van der Waals surface area contributed by atoms with Crippen LogP contribution in [-0.2, 0) is 16.0 Å². The summed E-state index contributed by atoms with van der Waals surface area (Å²) in [4.78, 5) is 36.5. The molecule has 1 atom stereocenters. The summed E-state index contributed by atoms with van der Waals surface area (Å²) in [5.41, 5.74) is 1.21. The van der Waals surface area contributed by atoms with Gasteiger partial charge in [-0.25, -0.2) is 4.79 Å².